The largest absolute Gasteiger partial charge is 0.338 e. The summed E-state index contributed by atoms with van der Waals surface area (Å²) in [5.74, 6) is -0.245. The van der Waals surface area contributed by atoms with Gasteiger partial charge in [0.1, 0.15) is 0 Å². The molecule has 0 heterocycles. The van der Waals surface area contributed by atoms with Crippen molar-refractivity contribution in [2.45, 2.75) is 39.0 Å². The van der Waals surface area contributed by atoms with Crippen LogP contribution in [-0.2, 0) is 4.79 Å². The van der Waals surface area contributed by atoms with Gasteiger partial charge in [0.2, 0.25) is 5.91 Å². The van der Waals surface area contributed by atoms with E-state index in [1.807, 2.05) is 25.1 Å². The van der Waals surface area contributed by atoms with Crippen LogP contribution >= 0.6 is 15.9 Å². The van der Waals surface area contributed by atoms with Crippen LogP contribution in [0.1, 0.15) is 37.7 Å². The molecule has 0 saturated carbocycles. The molecule has 2 rings (SSSR count). The predicted octanol–water partition coefficient (Wildman–Crippen LogP) is 3.89. The number of aryl methyl sites for hydroxylation is 1. The van der Waals surface area contributed by atoms with E-state index in [1.54, 1.807) is 0 Å². The van der Waals surface area contributed by atoms with Gasteiger partial charge in [-0.3, -0.25) is 4.79 Å². The molecule has 0 radical (unpaired) electrons. The Morgan fingerprint density at radius 1 is 1.21 bits per heavy atom. The molecular formula is C18H24BrN3O2. The molecule has 5 nitrogen and oxygen atoms in total. The van der Waals surface area contributed by atoms with Crippen molar-refractivity contribution in [3.05, 3.63) is 39.9 Å². The zero-order valence-electron chi connectivity index (χ0n) is 14.0. The lowest BCUT2D eigenvalue weighted by atomic mass is 9.97. The average Bonchev–Trinajstić information content (AvgIpc) is 2.56. The van der Waals surface area contributed by atoms with Crippen molar-refractivity contribution in [1.29, 1.82) is 0 Å². The van der Waals surface area contributed by atoms with E-state index in [-0.39, 0.29) is 18.5 Å². The molecule has 0 aliphatic heterocycles. The molecule has 1 aliphatic carbocycles. The predicted molar refractivity (Wildman–Crippen MR) is 100 cm³/mol. The number of amides is 3. The molecular weight excluding hydrogens is 370 g/mol. The Labute approximate surface area is 151 Å². The second kappa shape index (κ2) is 9.47. The molecule has 0 unspecified atom stereocenters. The van der Waals surface area contributed by atoms with Gasteiger partial charge in [0.05, 0.1) is 6.54 Å². The first kappa shape index (κ1) is 18.5. The maximum absolute atomic E-state index is 11.9. The molecule has 0 aromatic heterocycles. The van der Waals surface area contributed by atoms with E-state index >= 15 is 0 Å². The number of carbonyl (C=O) groups excluding carboxylic acids is 2. The molecule has 0 saturated heterocycles. The quantitative estimate of drug-likeness (QED) is 0.641. The van der Waals surface area contributed by atoms with Crippen LogP contribution in [-0.4, -0.2) is 25.0 Å². The van der Waals surface area contributed by atoms with Gasteiger partial charge in [-0.05, 0) is 62.8 Å². The molecule has 130 valence electrons. The summed E-state index contributed by atoms with van der Waals surface area (Å²) in [4.78, 5) is 23.6. The van der Waals surface area contributed by atoms with E-state index in [1.165, 1.54) is 18.4 Å². The van der Waals surface area contributed by atoms with Crippen molar-refractivity contribution in [3.8, 4) is 0 Å². The number of anilines is 1. The van der Waals surface area contributed by atoms with E-state index in [2.05, 4.69) is 38.0 Å². The molecule has 6 heteroatoms. The van der Waals surface area contributed by atoms with Gasteiger partial charge in [0.25, 0.3) is 0 Å². The van der Waals surface area contributed by atoms with Crippen LogP contribution in [0.5, 0.6) is 0 Å². The van der Waals surface area contributed by atoms with Crippen LogP contribution in [0, 0.1) is 6.92 Å². The highest BCUT2D eigenvalue weighted by molar-refractivity contribution is 9.10. The van der Waals surface area contributed by atoms with Gasteiger partial charge in [-0.15, -0.1) is 0 Å². The maximum atomic E-state index is 11.9. The van der Waals surface area contributed by atoms with Gasteiger partial charge in [-0.2, -0.15) is 0 Å². The summed E-state index contributed by atoms with van der Waals surface area (Å²) in [6, 6.07) is 5.31. The van der Waals surface area contributed by atoms with Crippen LogP contribution < -0.4 is 16.0 Å². The summed E-state index contributed by atoms with van der Waals surface area (Å²) in [7, 11) is 0. The third-order valence-corrected chi connectivity index (χ3v) is 4.48. The lowest BCUT2D eigenvalue weighted by molar-refractivity contribution is -0.115. The van der Waals surface area contributed by atoms with Crippen molar-refractivity contribution in [1.82, 2.24) is 10.6 Å². The highest BCUT2D eigenvalue weighted by Crippen LogP contribution is 2.20. The Balaban J connectivity index is 1.65. The number of hydrogen-bond acceptors (Lipinski definition) is 2. The topological polar surface area (TPSA) is 70.2 Å². The lowest BCUT2D eigenvalue weighted by Gasteiger charge is -2.13. The fraction of sp³-hybridized carbons (Fsp3) is 0.444. The van der Waals surface area contributed by atoms with Gasteiger partial charge in [0, 0.05) is 16.7 Å². The average molecular weight is 394 g/mol. The fourth-order valence-corrected chi connectivity index (χ4v) is 3.13. The van der Waals surface area contributed by atoms with Crippen LogP contribution in [0.4, 0.5) is 10.5 Å². The normalized spacial score (nSPS) is 13.8. The maximum Gasteiger partial charge on any atom is 0.315 e. The summed E-state index contributed by atoms with van der Waals surface area (Å²) in [5.41, 5.74) is 3.13. The summed E-state index contributed by atoms with van der Waals surface area (Å²) in [6.45, 7) is 2.47. The third kappa shape index (κ3) is 6.35. The summed E-state index contributed by atoms with van der Waals surface area (Å²) in [5, 5.41) is 8.16. The number of rotatable bonds is 6. The minimum atomic E-state index is -0.311. The van der Waals surface area contributed by atoms with Crippen LogP contribution in [0.25, 0.3) is 0 Å². The number of nitrogens with one attached hydrogen (secondary N) is 3. The Kier molecular flexibility index (Phi) is 7.31. The monoisotopic (exact) mass is 393 g/mol. The van der Waals surface area contributed by atoms with E-state index in [4.69, 9.17) is 0 Å². The van der Waals surface area contributed by atoms with Gasteiger partial charge >= 0.3 is 6.03 Å². The SMILES string of the molecule is Cc1cc(Br)ccc1NC(=O)CNC(=O)NCCC1=CCCCC1. The second-order valence-electron chi connectivity index (χ2n) is 5.98. The van der Waals surface area contributed by atoms with Crippen molar-refractivity contribution in [2.24, 2.45) is 0 Å². The Morgan fingerprint density at radius 2 is 2.04 bits per heavy atom. The van der Waals surface area contributed by atoms with Gasteiger partial charge < -0.3 is 16.0 Å². The number of carbonyl (C=O) groups is 2. The molecule has 0 bridgehead atoms. The zero-order chi connectivity index (χ0) is 17.4. The molecule has 0 spiro atoms. The molecule has 0 atom stereocenters. The van der Waals surface area contributed by atoms with Crippen molar-refractivity contribution in [3.63, 3.8) is 0 Å². The van der Waals surface area contributed by atoms with Gasteiger partial charge in [-0.1, -0.05) is 27.6 Å². The van der Waals surface area contributed by atoms with Gasteiger partial charge in [-0.25, -0.2) is 4.79 Å². The summed E-state index contributed by atoms with van der Waals surface area (Å²) in [6.07, 6.45) is 7.96. The van der Waals surface area contributed by atoms with Crippen molar-refractivity contribution < 1.29 is 9.59 Å². The fourth-order valence-electron chi connectivity index (χ4n) is 2.65. The van der Waals surface area contributed by atoms with Crippen molar-refractivity contribution >= 4 is 33.6 Å². The van der Waals surface area contributed by atoms with Crippen LogP contribution in [0.2, 0.25) is 0 Å². The Morgan fingerprint density at radius 3 is 2.75 bits per heavy atom. The molecule has 1 aromatic carbocycles. The lowest BCUT2D eigenvalue weighted by Crippen LogP contribution is -2.40. The minimum Gasteiger partial charge on any atom is -0.338 e. The smallest absolute Gasteiger partial charge is 0.315 e. The Hall–Kier alpha value is -1.82. The van der Waals surface area contributed by atoms with Crippen LogP contribution in [0.3, 0.4) is 0 Å². The highest BCUT2D eigenvalue weighted by Gasteiger charge is 2.08. The summed E-state index contributed by atoms with van der Waals surface area (Å²) >= 11 is 3.38. The number of urea groups is 1. The number of halogens is 1. The first-order valence-electron chi connectivity index (χ1n) is 8.30. The van der Waals surface area contributed by atoms with E-state index in [0.29, 0.717) is 6.54 Å². The van der Waals surface area contributed by atoms with E-state index in [9.17, 15) is 9.59 Å². The molecule has 3 N–H and O–H groups in total. The number of allylic oxidation sites excluding steroid dienone is 1. The third-order valence-electron chi connectivity index (χ3n) is 3.99. The number of benzene rings is 1. The molecule has 1 aromatic rings. The van der Waals surface area contributed by atoms with Crippen LogP contribution in [0.15, 0.2) is 34.3 Å². The second-order valence-corrected chi connectivity index (χ2v) is 6.89. The minimum absolute atomic E-state index is 0.0516. The molecule has 1 aliphatic rings. The molecule has 0 fully saturated rings. The Bertz CT molecular complexity index is 629. The van der Waals surface area contributed by atoms with E-state index in [0.717, 1.165) is 35.0 Å². The summed E-state index contributed by atoms with van der Waals surface area (Å²) < 4.78 is 0.962. The molecule has 3 amide bonds. The standard InChI is InChI=1S/C18H24BrN3O2/c1-13-11-15(19)7-8-16(13)22-17(23)12-21-18(24)20-10-9-14-5-3-2-4-6-14/h5,7-8,11H,2-4,6,9-10,12H2,1H3,(H,22,23)(H2,20,21,24). The van der Waals surface area contributed by atoms with Gasteiger partial charge in [0.15, 0.2) is 0 Å². The van der Waals surface area contributed by atoms with E-state index < -0.39 is 0 Å². The first-order valence-corrected chi connectivity index (χ1v) is 9.09. The number of hydrogen-bond donors (Lipinski definition) is 3. The molecule has 24 heavy (non-hydrogen) atoms. The first-order chi connectivity index (χ1) is 11.5. The highest BCUT2D eigenvalue weighted by atomic mass is 79.9. The zero-order valence-corrected chi connectivity index (χ0v) is 15.5. The van der Waals surface area contributed by atoms with Crippen molar-refractivity contribution in [2.75, 3.05) is 18.4 Å².